The van der Waals surface area contributed by atoms with E-state index >= 15 is 0 Å². The molecule has 0 fully saturated rings. The second-order valence-corrected chi connectivity index (χ2v) is 8.84. The number of fused-ring (bicyclic) bond motifs is 3. The molecule has 0 radical (unpaired) electrons. The van der Waals surface area contributed by atoms with Gasteiger partial charge in [0.15, 0.2) is 17.0 Å². The van der Waals surface area contributed by atoms with Gasteiger partial charge in [0.25, 0.3) is 5.56 Å². The third-order valence-corrected chi connectivity index (χ3v) is 5.89. The number of hydrogen-bond acceptors (Lipinski definition) is 5. The van der Waals surface area contributed by atoms with Crippen LogP contribution in [0.3, 0.4) is 0 Å². The minimum Gasteiger partial charge on any atom is -0.489 e. The molecule has 5 rings (SSSR count). The summed E-state index contributed by atoms with van der Waals surface area (Å²) in [7, 11) is 3.15. The van der Waals surface area contributed by atoms with Gasteiger partial charge in [-0.3, -0.25) is 13.9 Å². The molecule has 2 aromatic carbocycles. The van der Waals surface area contributed by atoms with Crippen molar-refractivity contribution in [2.75, 3.05) is 0 Å². The van der Waals surface area contributed by atoms with Gasteiger partial charge >= 0.3 is 5.69 Å². The van der Waals surface area contributed by atoms with E-state index in [1.165, 1.54) is 11.6 Å². The maximum atomic E-state index is 13.1. The van der Waals surface area contributed by atoms with Crippen molar-refractivity contribution < 1.29 is 4.74 Å². The van der Waals surface area contributed by atoms with Crippen molar-refractivity contribution in [3.63, 3.8) is 0 Å². The molecule has 0 aliphatic heterocycles. The highest BCUT2D eigenvalue weighted by Crippen LogP contribution is 2.26. The lowest BCUT2D eigenvalue weighted by molar-refractivity contribution is 0.306. The van der Waals surface area contributed by atoms with Crippen LogP contribution in [0.15, 0.2) is 64.2 Å². The van der Waals surface area contributed by atoms with Crippen LogP contribution in [-0.4, -0.2) is 28.3 Å². The summed E-state index contributed by atoms with van der Waals surface area (Å²) in [6.45, 7) is 5.19. The van der Waals surface area contributed by atoms with E-state index in [9.17, 15) is 9.59 Å². The lowest BCUT2D eigenvalue weighted by Crippen LogP contribution is -2.38. The lowest BCUT2D eigenvalue weighted by Gasteiger charge is -2.09. The maximum Gasteiger partial charge on any atom is 0.332 e. The Morgan fingerprint density at radius 2 is 1.62 bits per heavy atom. The van der Waals surface area contributed by atoms with E-state index in [4.69, 9.17) is 4.74 Å². The van der Waals surface area contributed by atoms with Crippen molar-refractivity contribution in [3.8, 4) is 17.1 Å². The Kier molecular flexibility index (Phi) is 5.31. The fourth-order valence-corrected chi connectivity index (χ4v) is 4.22. The number of nitrogens with zero attached hydrogens (tertiary/aromatic N) is 6. The normalized spacial score (nSPS) is 11.7. The lowest BCUT2D eigenvalue weighted by atomic mass is 10.2. The van der Waals surface area contributed by atoms with Gasteiger partial charge < -0.3 is 9.30 Å². The number of aromatic nitrogens is 6. The fourth-order valence-electron chi connectivity index (χ4n) is 4.22. The molecule has 34 heavy (non-hydrogen) atoms. The van der Waals surface area contributed by atoms with Crippen LogP contribution in [0.4, 0.5) is 0 Å². The zero-order valence-corrected chi connectivity index (χ0v) is 19.6. The van der Waals surface area contributed by atoms with Crippen LogP contribution < -0.4 is 16.0 Å². The summed E-state index contributed by atoms with van der Waals surface area (Å²) >= 11 is 0. The Morgan fingerprint density at radius 3 is 2.29 bits per heavy atom. The molecule has 0 aliphatic carbocycles. The summed E-state index contributed by atoms with van der Waals surface area (Å²) in [5.74, 6) is 2.08. The molecule has 9 nitrogen and oxygen atoms in total. The first kappa shape index (κ1) is 21.7. The van der Waals surface area contributed by atoms with Crippen molar-refractivity contribution in [2.45, 2.75) is 27.0 Å². The van der Waals surface area contributed by atoms with Crippen LogP contribution in [0.2, 0.25) is 0 Å². The van der Waals surface area contributed by atoms with E-state index in [2.05, 4.69) is 24.0 Å². The molecule has 0 bridgehead atoms. The van der Waals surface area contributed by atoms with Crippen molar-refractivity contribution in [2.24, 2.45) is 20.0 Å². The highest BCUT2D eigenvalue weighted by atomic mass is 16.5. The zero-order chi connectivity index (χ0) is 24.0. The molecule has 0 atom stereocenters. The molecule has 5 aromatic rings. The molecule has 0 saturated carbocycles. The van der Waals surface area contributed by atoms with Gasteiger partial charge in [-0.2, -0.15) is 0 Å². The third kappa shape index (κ3) is 3.49. The smallest absolute Gasteiger partial charge is 0.332 e. The summed E-state index contributed by atoms with van der Waals surface area (Å²) in [6.07, 6.45) is 0. The fraction of sp³-hybridized carbons (Fsp3) is 0.280. The first-order chi connectivity index (χ1) is 16.4. The average molecular weight is 459 g/mol. The van der Waals surface area contributed by atoms with Crippen molar-refractivity contribution in [3.05, 3.63) is 81.0 Å². The zero-order valence-electron chi connectivity index (χ0n) is 19.6. The molecule has 0 N–H and O–H groups in total. The molecule has 0 spiro atoms. The van der Waals surface area contributed by atoms with Crippen LogP contribution in [0.5, 0.6) is 5.75 Å². The number of rotatable bonds is 6. The molecule has 174 valence electrons. The van der Waals surface area contributed by atoms with E-state index in [1.54, 1.807) is 11.4 Å². The first-order valence-corrected chi connectivity index (χ1v) is 11.2. The van der Waals surface area contributed by atoms with Crippen LogP contribution in [0.1, 0.15) is 19.4 Å². The summed E-state index contributed by atoms with van der Waals surface area (Å²) in [4.78, 5) is 25.8. The molecule has 0 aliphatic rings. The highest BCUT2D eigenvalue weighted by Gasteiger charge is 2.24. The summed E-state index contributed by atoms with van der Waals surface area (Å²) < 4.78 is 12.2. The minimum atomic E-state index is -0.398. The van der Waals surface area contributed by atoms with Gasteiger partial charge in [0, 0.05) is 26.2 Å². The number of aryl methyl sites for hydroxylation is 1. The maximum absolute atomic E-state index is 13.1. The minimum absolute atomic E-state index is 0.266. The molecule has 3 aromatic heterocycles. The van der Waals surface area contributed by atoms with Gasteiger partial charge in [-0.05, 0) is 35.7 Å². The molecule has 9 heteroatoms. The Balaban J connectivity index is 1.62. The number of imidazole rings is 1. The molecular weight excluding hydrogens is 432 g/mol. The molecule has 0 saturated heterocycles. The highest BCUT2D eigenvalue weighted by molar-refractivity contribution is 5.79. The van der Waals surface area contributed by atoms with E-state index in [1.807, 2.05) is 59.2 Å². The van der Waals surface area contributed by atoms with E-state index in [0.29, 0.717) is 35.9 Å². The Bertz CT molecular complexity index is 1610. The number of benzene rings is 2. The van der Waals surface area contributed by atoms with Crippen molar-refractivity contribution in [1.82, 2.24) is 28.3 Å². The number of hydrogen-bond donors (Lipinski definition) is 0. The summed E-state index contributed by atoms with van der Waals surface area (Å²) in [5.41, 5.74) is 2.06. The van der Waals surface area contributed by atoms with Crippen molar-refractivity contribution >= 4 is 16.9 Å². The van der Waals surface area contributed by atoms with Gasteiger partial charge in [-0.1, -0.05) is 44.2 Å². The second-order valence-electron chi connectivity index (χ2n) is 8.84. The van der Waals surface area contributed by atoms with Crippen molar-refractivity contribution in [1.29, 1.82) is 0 Å². The third-order valence-electron chi connectivity index (χ3n) is 5.89. The summed E-state index contributed by atoms with van der Waals surface area (Å²) in [5, 5.41) is 8.82. The van der Waals surface area contributed by atoms with Crippen LogP contribution in [0, 0.1) is 5.92 Å². The van der Waals surface area contributed by atoms with Gasteiger partial charge in [0.2, 0.25) is 5.78 Å². The van der Waals surface area contributed by atoms with Gasteiger partial charge in [0.05, 0.1) is 0 Å². The largest absolute Gasteiger partial charge is 0.489 e. The quantitative estimate of drug-likeness (QED) is 0.390. The SMILES string of the molecule is CC(C)Cn1c2c(=O)n(C)c(=O)n(C)c2n2c(-c3ccc(OCc4ccccc4)cc3)nnc12. The Hall–Kier alpha value is -4.14. The molecule has 0 unspecified atom stereocenters. The Labute approximate surface area is 195 Å². The molecule has 3 heterocycles. The van der Waals surface area contributed by atoms with Crippen LogP contribution >= 0.6 is 0 Å². The van der Waals surface area contributed by atoms with Gasteiger partial charge in [-0.25, -0.2) is 9.20 Å². The summed E-state index contributed by atoms with van der Waals surface area (Å²) in [6, 6.07) is 17.5. The second kappa shape index (κ2) is 8.33. The van der Waals surface area contributed by atoms with E-state index < -0.39 is 5.69 Å². The van der Waals surface area contributed by atoms with Gasteiger partial charge in [-0.15, -0.1) is 10.2 Å². The Morgan fingerprint density at radius 1 is 0.912 bits per heavy atom. The molecular formula is C25H26N6O3. The van der Waals surface area contributed by atoms with Gasteiger partial charge in [0.1, 0.15) is 12.4 Å². The predicted octanol–water partition coefficient (Wildman–Crippen LogP) is 2.98. The monoisotopic (exact) mass is 458 g/mol. The van der Waals surface area contributed by atoms with E-state index in [-0.39, 0.29) is 11.5 Å². The van der Waals surface area contributed by atoms with Crippen LogP contribution in [0.25, 0.3) is 28.3 Å². The number of ether oxygens (including phenoxy) is 1. The standard InChI is InChI=1S/C25H26N6O3/c1-16(2)14-30-20-22(28(3)25(33)29(4)23(20)32)31-21(26-27-24(30)31)18-10-12-19(13-11-18)34-15-17-8-6-5-7-9-17/h5-13,16H,14-15H2,1-4H3. The molecule has 0 amide bonds. The topological polar surface area (TPSA) is 88.4 Å². The average Bonchev–Trinajstić information content (AvgIpc) is 3.40. The van der Waals surface area contributed by atoms with E-state index in [0.717, 1.165) is 21.4 Å². The van der Waals surface area contributed by atoms with Crippen LogP contribution in [-0.2, 0) is 27.2 Å². The first-order valence-electron chi connectivity index (χ1n) is 11.2. The predicted molar refractivity (Wildman–Crippen MR) is 130 cm³/mol.